The number of hydrogen-bond acceptors (Lipinski definition) is 4. The molecule has 1 atom stereocenters. The number of allylic oxidation sites excluding steroid dienone is 1. The van der Waals surface area contributed by atoms with Crippen molar-refractivity contribution in [3.8, 4) is 0 Å². The van der Waals surface area contributed by atoms with Crippen molar-refractivity contribution in [2.75, 3.05) is 5.32 Å². The standard InChI is InChI=1S/C22H24F2N2O4/c1-12-8-9-15-16(10-12)20(28)26(19(15)27)17(18(23)24)13-6-5-7-14(11-13)25-21(29)30-22(2,3)4/h5-7,10-11,17-18H,8-9H2,1-4H3,(H,25,29). The van der Waals surface area contributed by atoms with Crippen LogP contribution in [0.5, 0.6) is 0 Å². The van der Waals surface area contributed by atoms with Crippen LogP contribution in [0, 0.1) is 0 Å². The van der Waals surface area contributed by atoms with E-state index in [4.69, 9.17) is 4.74 Å². The molecule has 160 valence electrons. The van der Waals surface area contributed by atoms with Gasteiger partial charge in [-0.3, -0.25) is 19.8 Å². The van der Waals surface area contributed by atoms with E-state index in [1.54, 1.807) is 26.8 Å². The van der Waals surface area contributed by atoms with Crippen LogP contribution in [0.1, 0.15) is 52.1 Å². The van der Waals surface area contributed by atoms with Gasteiger partial charge >= 0.3 is 6.09 Å². The van der Waals surface area contributed by atoms with Gasteiger partial charge in [-0.2, -0.15) is 0 Å². The highest BCUT2D eigenvalue weighted by molar-refractivity contribution is 6.21. The number of rotatable bonds is 4. The van der Waals surface area contributed by atoms with Gasteiger partial charge in [0.25, 0.3) is 18.2 Å². The summed E-state index contributed by atoms with van der Waals surface area (Å²) < 4.78 is 33.3. The Balaban J connectivity index is 1.89. The average molecular weight is 418 g/mol. The van der Waals surface area contributed by atoms with Gasteiger partial charge in [0.2, 0.25) is 0 Å². The zero-order valence-corrected chi connectivity index (χ0v) is 17.3. The summed E-state index contributed by atoms with van der Waals surface area (Å²) >= 11 is 0. The number of anilines is 1. The zero-order chi connectivity index (χ0) is 22.2. The molecule has 0 saturated carbocycles. The molecule has 3 amide bonds. The summed E-state index contributed by atoms with van der Waals surface area (Å²) in [4.78, 5) is 38.2. The van der Waals surface area contributed by atoms with E-state index in [0.717, 1.165) is 5.57 Å². The summed E-state index contributed by atoms with van der Waals surface area (Å²) in [6.07, 6.45) is -1.17. The second-order valence-corrected chi connectivity index (χ2v) is 8.39. The van der Waals surface area contributed by atoms with E-state index >= 15 is 0 Å². The Hall–Kier alpha value is -3.03. The molecule has 0 bridgehead atoms. The van der Waals surface area contributed by atoms with E-state index < -0.39 is 36.0 Å². The smallest absolute Gasteiger partial charge is 0.412 e. The number of imide groups is 1. The maximum Gasteiger partial charge on any atom is 0.412 e. The molecular weight excluding hydrogens is 394 g/mol. The first-order valence-electron chi connectivity index (χ1n) is 9.64. The van der Waals surface area contributed by atoms with Crippen LogP contribution in [0.3, 0.4) is 0 Å². The fourth-order valence-electron chi connectivity index (χ4n) is 3.52. The molecule has 0 fully saturated rings. The topological polar surface area (TPSA) is 75.7 Å². The van der Waals surface area contributed by atoms with Gasteiger partial charge in [-0.15, -0.1) is 0 Å². The van der Waals surface area contributed by atoms with Gasteiger partial charge in [0.15, 0.2) is 0 Å². The molecule has 2 aliphatic rings. The lowest BCUT2D eigenvalue weighted by Crippen LogP contribution is -2.39. The third-order valence-corrected chi connectivity index (χ3v) is 4.80. The summed E-state index contributed by atoms with van der Waals surface area (Å²) in [6, 6.07) is 3.94. The summed E-state index contributed by atoms with van der Waals surface area (Å²) in [6.45, 7) is 6.93. The number of amides is 3. The zero-order valence-electron chi connectivity index (χ0n) is 17.3. The largest absolute Gasteiger partial charge is 0.444 e. The highest BCUT2D eigenvalue weighted by Gasteiger charge is 2.45. The highest BCUT2D eigenvalue weighted by atomic mass is 19.3. The number of halogens is 2. The van der Waals surface area contributed by atoms with Crippen molar-refractivity contribution in [1.82, 2.24) is 4.90 Å². The van der Waals surface area contributed by atoms with Gasteiger partial charge in [-0.25, -0.2) is 13.6 Å². The predicted octanol–water partition coefficient (Wildman–Crippen LogP) is 4.75. The molecule has 0 aromatic heterocycles. The molecule has 6 nitrogen and oxygen atoms in total. The Morgan fingerprint density at radius 3 is 2.50 bits per heavy atom. The highest BCUT2D eigenvalue weighted by Crippen LogP contribution is 2.39. The number of alkyl halides is 2. The molecule has 0 spiro atoms. The molecule has 0 radical (unpaired) electrons. The Morgan fingerprint density at radius 1 is 1.17 bits per heavy atom. The second kappa shape index (κ2) is 8.01. The van der Waals surface area contributed by atoms with Crippen molar-refractivity contribution in [1.29, 1.82) is 0 Å². The second-order valence-electron chi connectivity index (χ2n) is 8.39. The predicted molar refractivity (Wildman–Crippen MR) is 107 cm³/mol. The Morgan fingerprint density at radius 2 is 1.87 bits per heavy atom. The molecule has 1 heterocycles. The normalized spacial score (nSPS) is 17.8. The SMILES string of the molecule is CC1=CC2=C(CC1)C(=O)N(C(c1cccc(NC(=O)OC(C)(C)C)c1)C(F)F)C2=O. The Labute approximate surface area is 173 Å². The van der Waals surface area contributed by atoms with Gasteiger partial charge in [0, 0.05) is 16.8 Å². The van der Waals surface area contributed by atoms with Crippen molar-refractivity contribution in [3.63, 3.8) is 0 Å². The first-order chi connectivity index (χ1) is 14.0. The van der Waals surface area contributed by atoms with Crippen LogP contribution in [-0.4, -0.2) is 34.8 Å². The molecule has 8 heteroatoms. The van der Waals surface area contributed by atoms with Crippen LogP contribution in [0.2, 0.25) is 0 Å². The first kappa shape index (κ1) is 21.7. The monoisotopic (exact) mass is 418 g/mol. The number of carbonyl (C=O) groups is 3. The third-order valence-electron chi connectivity index (χ3n) is 4.80. The maximum atomic E-state index is 14.1. The van der Waals surface area contributed by atoms with Crippen molar-refractivity contribution in [2.24, 2.45) is 0 Å². The summed E-state index contributed by atoms with van der Waals surface area (Å²) in [5, 5.41) is 2.49. The lowest BCUT2D eigenvalue weighted by atomic mass is 9.95. The number of nitrogens with zero attached hydrogens (tertiary/aromatic N) is 1. The minimum absolute atomic E-state index is 0.0424. The lowest BCUT2D eigenvalue weighted by Gasteiger charge is -2.27. The molecule has 3 rings (SSSR count). The fourth-order valence-corrected chi connectivity index (χ4v) is 3.52. The average Bonchev–Trinajstić information content (AvgIpc) is 2.85. The number of nitrogens with one attached hydrogen (secondary N) is 1. The Kier molecular flexibility index (Phi) is 5.78. The van der Waals surface area contributed by atoms with Crippen LogP contribution in [0.15, 0.2) is 47.1 Å². The number of hydrogen-bond donors (Lipinski definition) is 1. The summed E-state index contributed by atoms with van der Waals surface area (Å²) in [5.41, 5.74) is 0.934. The minimum atomic E-state index is -3.00. The van der Waals surface area contributed by atoms with Gasteiger partial charge in [0.05, 0.1) is 0 Å². The van der Waals surface area contributed by atoms with Crippen LogP contribution < -0.4 is 5.32 Å². The van der Waals surface area contributed by atoms with Gasteiger partial charge in [-0.05, 0) is 58.2 Å². The number of ether oxygens (including phenoxy) is 1. The molecule has 1 N–H and O–H groups in total. The molecule has 1 aliphatic heterocycles. The lowest BCUT2D eigenvalue weighted by molar-refractivity contribution is -0.144. The van der Waals surface area contributed by atoms with Crippen LogP contribution in [0.25, 0.3) is 0 Å². The maximum absolute atomic E-state index is 14.1. The number of carbonyl (C=O) groups excluding carboxylic acids is 3. The van der Waals surface area contributed by atoms with E-state index in [9.17, 15) is 23.2 Å². The molecular formula is C22H24F2N2O4. The molecule has 1 aromatic carbocycles. The first-order valence-corrected chi connectivity index (χ1v) is 9.64. The molecule has 30 heavy (non-hydrogen) atoms. The molecule has 0 saturated heterocycles. The van der Waals surface area contributed by atoms with Crippen molar-refractivity contribution < 1.29 is 27.9 Å². The van der Waals surface area contributed by atoms with Crippen molar-refractivity contribution in [3.05, 3.63) is 52.6 Å². The van der Waals surface area contributed by atoms with E-state index in [0.29, 0.717) is 17.7 Å². The quantitative estimate of drug-likeness (QED) is 0.717. The number of benzene rings is 1. The van der Waals surface area contributed by atoms with E-state index in [-0.39, 0.29) is 22.4 Å². The van der Waals surface area contributed by atoms with Gasteiger partial charge in [-0.1, -0.05) is 23.8 Å². The summed E-state index contributed by atoms with van der Waals surface area (Å²) in [5.74, 6) is -1.40. The minimum Gasteiger partial charge on any atom is -0.444 e. The fraction of sp³-hybridized carbons (Fsp3) is 0.409. The van der Waals surface area contributed by atoms with Gasteiger partial charge in [0.1, 0.15) is 11.6 Å². The van der Waals surface area contributed by atoms with Crippen molar-refractivity contribution in [2.45, 2.75) is 58.6 Å². The van der Waals surface area contributed by atoms with E-state index in [2.05, 4.69) is 5.32 Å². The molecule has 1 unspecified atom stereocenters. The van der Waals surface area contributed by atoms with E-state index in [1.165, 1.54) is 24.3 Å². The van der Waals surface area contributed by atoms with Crippen LogP contribution in [0.4, 0.5) is 19.3 Å². The van der Waals surface area contributed by atoms with Gasteiger partial charge < -0.3 is 4.74 Å². The van der Waals surface area contributed by atoms with Crippen molar-refractivity contribution >= 4 is 23.6 Å². The molecule has 1 aromatic rings. The Bertz CT molecular complexity index is 960. The van der Waals surface area contributed by atoms with Crippen LogP contribution in [-0.2, 0) is 14.3 Å². The third kappa shape index (κ3) is 4.42. The van der Waals surface area contributed by atoms with E-state index in [1.807, 2.05) is 6.92 Å². The summed E-state index contributed by atoms with van der Waals surface area (Å²) in [7, 11) is 0. The van der Waals surface area contributed by atoms with Crippen LogP contribution >= 0.6 is 0 Å². The molecule has 1 aliphatic carbocycles.